The van der Waals surface area contributed by atoms with E-state index >= 15 is 0 Å². The van der Waals surface area contributed by atoms with Gasteiger partial charge in [-0.05, 0) is 24.2 Å². The van der Waals surface area contributed by atoms with Crippen LogP contribution in [0.25, 0.3) is 0 Å². The number of nitrogens with zero attached hydrogens (tertiary/aromatic N) is 2. The quantitative estimate of drug-likeness (QED) is 0.807. The monoisotopic (exact) mass is 286 g/mol. The minimum Gasteiger partial charge on any atom is -0.389 e. The van der Waals surface area contributed by atoms with Crippen LogP contribution in [-0.4, -0.2) is 41.3 Å². The summed E-state index contributed by atoms with van der Waals surface area (Å²) in [6.45, 7) is 2.21. The van der Waals surface area contributed by atoms with Crippen LogP contribution in [0.2, 0.25) is 0 Å². The summed E-state index contributed by atoms with van der Waals surface area (Å²) >= 11 is 0. The molecule has 0 aliphatic heterocycles. The van der Waals surface area contributed by atoms with Gasteiger partial charge in [0.2, 0.25) is 0 Å². The highest BCUT2D eigenvalue weighted by atomic mass is 16.5. The maximum absolute atomic E-state index is 9.99. The third kappa shape index (κ3) is 6.04. The zero-order chi connectivity index (χ0) is 14.9. The first kappa shape index (κ1) is 15.6. The van der Waals surface area contributed by atoms with Gasteiger partial charge in [0, 0.05) is 25.5 Å². The summed E-state index contributed by atoms with van der Waals surface area (Å²) in [4.78, 5) is 6.15. The van der Waals surface area contributed by atoms with Gasteiger partial charge in [-0.15, -0.1) is 0 Å². The molecule has 4 heteroatoms. The van der Waals surface area contributed by atoms with Crippen LogP contribution >= 0.6 is 0 Å². The largest absolute Gasteiger partial charge is 0.389 e. The smallest absolute Gasteiger partial charge is 0.0900 e. The molecule has 0 saturated carbocycles. The van der Waals surface area contributed by atoms with Crippen LogP contribution in [0, 0.1) is 0 Å². The van der Waals surface area contributed by atoms with Gasteiger partial charge in [-0.2, -0.15) is 0 Å². The van der Waals surface area contributed by atoms with Crippen LogP contribution < -0.4 is 0 Å². The number of rotatable bonds is 8. The maximum Gasteiger partial charge on any atom is 0.0900 e. The fourth-order valence-corrected chi connectivity index (χ4v) is 2.17. The van der Waals surface area contributed by atoms with E-state index in [1.54, 1.807) is 6.20 Å². The molecule has 2 aromatic rings. The number of aliphatic hydroxyl groups excluding tert-OH is 1. The Labute approximate surface area is 126 Å². The first-order chi connectivity index (χ1) is 10.2. The molecule has 0 aliphatic carbocycles. The van der Waals surface area contributed by atoms with E-state index in [-0.39, 0.29) is 0 Å². The van der Waals surface area contributed by atoms with Gasteiger partial charge in [0.1, 0.15) is 0 Å². The molecule has 0 radical (unpaired) electrons. The standard InChI is InChI=1S/C17H22N2O2/c1-19(11-16-8-5-9-18-10-16)12-17(20)14-21-13-15-6-3-2-4-7-15/h2-10,17,20H,11-14H2,1H3. The Bertz CT molecular complexity index is 505. The second kappa shape index (κ2) is 8.52. The van der Waals surface area contributed by atoms with Crippen LogP contribution in [0.4, 0.5) is 0 Å². The molecule has 112 valence electrons. The van der Waals surface area contributed by atoms with Gasteiger partial charge in [0.05, 0.1) is 19.3 Å². The van der Waals surface area contributed by atoms with Crippen molar-refractivity contribution in [3.05, 3.63) is 66.0 Å². The van der Waals surface area contributed by atoms with Crippen LogP contribution in [0.15, 0.2) is 54.9 Å². The van der Waals surface area contributed by atoms with Crippen molar-refractivity contribution in [2.24, 2.45) is 0 Å². The molecule has 1 unspecified atom stereocenters. The van der Waals surface area contributed by atoms with Gasteiger partial charge in [-0.1, -0.05) is 36.4 Å². The molecule has 0 amide bonds. The molecule has 1 heterocycles. The lowest BCUT2D eigenvalue weighted by atomic mass is 10.2. The second-order valence-electron chi connectivity index (χ2n) is 5.21. The molecular weight excluding hydrogens is 264 g/mol. The molecule has 0 saturated heterocycles. The zero-order valence-electron chi connectivity index (χ0n) is 12.4. The van der Waals surface area contributed by atoms with E-state index in [2.05, 4.69) is 9.88 Å². The molecule has 1 aromatic heterocycles. The number of ether oxygens (including phenoxy) is 1. The molecule has 4 nitrogen and oxygen atoms in total. The number of hydrogen-bond acceptors (Lipinski definition) is 4. The van der Waals surface area contributed by atoms with Crippen molar-refractivity contribution in [3.8, 4) is 0 Å². The Balaban J connectivity index is 1.66. The van der Waals surface area contributed by atoms with Gasteiger partial charge in [-0.25, -0.2) is 0 Å². The number of aliphatic hydroxyl groups is 1. The van der Waals surface area contributed by atoms with E-state index in [1.807, 2.05) is 55.7 Å². The number of aromatic nitrogens is 1. The lowest BCUT2D eigenvalue weighted by molar-refractivity contribution is 0.0127. The summed E-state index contributed by atoms with van der Waals surface area (Å²) in [6.07, 6.45) is 3.11. The SMILES string of the molecule is CN(Cc1cccnc1)CC(O)COCc1ccccc1. The van der Waals surface area contributed by atoms with Gasteiger partial charge in [0.25, 0.3) is 0 Å². The number of pyridine rings is 1. The van der Waals surface area contributed by atoms with Crippen LogP contribution in [0.1, 0.15) is 11.1 Å². The highest BCUT2D eigenvalue weighted by Gasteiger charge is 2.09. The number of likely N-dealkylation sites (N-methyl/N-ethyl adjacent to an activating group) is 1. The number of benzene rings is 1. The third-order valence-electron chi connectivity index (χ3n) is 3.12. The second-order valence-corrected chi connectivity index (χ2v) is 5.21. The summed E-state index contributed by atoms with van der Waals surface area (Å²) in [5.41, 5.74) is 2.26. The Morgan fingerprint density at radius 3 is 2.62 bits per heavy atom. The molecule has 21 heavy (non-hydrogen) atoms. The molecule has 1 N–H and O–H groups in total. The topological polar surface area (TPSA) is 45.6 Å². The molecule has 0 fully saturated rings. The van der Waals surface area contributed by atoms with E-state index in [0.717, 1.165) is 17.7 Å². The van der Waals surface area contributed by atoms with E-state index in [1.165, 1.54) is 0 Å². The fourth-order valence-electron chi connectivity index (χ4n) is 2.17. The predicted octanol–water partition coefficient (Wildman–Crippen LogP) is 2.09. The summed E-state index contributed by atoms with van der Waals surface area (Å²) in [6, 6.07) is 13.9. The minimum atomic E-state index is -0.490. The maximum atomic E-state index is 9.99. The molecular formula is C17H22N2O2. The Morgan fingerprint density at radius 1 is 1.14 bits per heavy atom. The number of hydrogen-bond donors (Lipinski definition) is 1. The zero-order valence-corrected chi connectivity index (χ0v) is 12.4. The molecule has 2 rings (SSSR count). The highest BCUT2D eigenvalue weighted by Crippen LogP contribution is 2.04. The van der Waals surface area contributed by atoms with E-state index < -0.39 is 6.10 Å². The van der Waals surface area contributed by atoms with Crippen molar-refractivity contribution < 1.29 is 9.84 Å². The van der Waals surface area contributed by atoms with Crippen LogP contribution in [0.5, 0.6) is 0 Å². The summed E-state index contributed by atoms with van der Waals surface area (Å²) in [5, 5.41) is 9.99. The molecule has 1 atom stereocenters. The van der Waals surface area contributed by atoms with Crippen molar-refractivity contribution in [1.82, 2.24) is 9.88 Å². The predicted molar refractivity (Wildman–Crippen MR) is 82.7 cm³/mol. The van der Waals surface area contributed by atoms with Gasteiger partial charge in [-0.3, -0.25) is 9.88 Å². The summed E-state index contributed by atoms with van der Waals surface area (Å²) in [7, 11) is 1.98. The van der Waals surface area contributed by atoms with Crippen LogP contribution in [0.3, 0.4) is 0 Å². The highest BCUT2D eigenvalue weighted by molar-refractivity contribution is 5.13. The average Bonchev–Trinajstić information content (AvgIpc) is 2.49. The third-order valence-corrected chi connectivity index (χ3v) is 3.12. The fraction of sp³-hybridized carbons (Fsp3) is 0.353. The van der Waals surface area contributed by atoms with E-state index in [4.69, 9.17) is 4.74 Å². The Kier molecular flexibility index (Phi) is 6.34. The lowest BCUT2D eigenvalue weighted by Gasteiger charge is -2.20. The Hall–Kier alpha value is -1.75. The van der Waals surface area contributed by atoms with Crippen molar-refractivity contribution in [2.45, 2.75) is 19.3 Å². The summed E-state index contributed by atoms with van der Waals surface area (Å²) in [5.74, 6) is 0. The lowest BCUT2D eigenvalue weighted by Crippen LogP contribution is -2.31. The van der Waals surface area contributed by atoms with Crippen LogP contribution in [-0.2, 0) is 17.9 Å². The van der Waals surface area contributed by atoms with Gasteiger partial charge >= 0.3 is 0 Å². The first-order valence-corrected chi connectivity index (χ1v) is 7.11. The van der Waals surface area contributed by atoms with E-state index in [9.17, 15) is 5.11 Å². The van der Waals surface area contributed by atoms with E-state index in [0.29, 0.717) is 19.8 Å². The molecule has 0 bridgehead atoms. The van der Waals surface area contributed by atoms with Crippen molar-refractivity contribution >= 4 is 0 Å². The van der Waals surface area contributed by atoms with Crippen molar-refractivity contribution in [1.29, 1.82) is 0 Å². The normalized spacial score (nSPS) is 12.5. The first-order valence-electron chi connectivity index (χ1n) is 7.11. The molecule has 0 spiro atoms. The Morgan fingerprint density at radius 2 is 1.90 bits per heavy atom. The van der Waals surface area contributed by atoms with Crippen molar-refractivity contribution in [2.75, 3.05) is 20.2 Å². The van der Waals surface area contributed by atoms with Gasteiger partial charge < -0.3 is 9.84 Å². The molecule has 0 aliphatic rings. The summed E-state index contributed by atoms with van der Waals surface area (Å²) < 4.78 is 5.54. The average molecular weight is 286 g/mol. The van der Waals surface area contributed by atoms with Crippen molar-refractivity contribution in [3.63, 3.8) is 0 Å². The van der Waals surface area contributed by atoms with Gasteiger partial charge in [0.15, 0.2) is 0 Å². The molecule has 1 aromatic carbocycles. The minimum absolute atomic E-state index is 0.340.